The first-order valence-corrected chi connectivity index (χ1v) is 9.71. The fraction of sp³-hybridized carbons (Fsp3) is 0.588. The maximum Gasteiger partial charge on any atom is 0.251 e. The average Bonchev–Trinajstić information content (AvgIpc) is 2.47. The molecule has 0 fully saturated rings. The maximum absolute atomic E-state index is 12.4. The van der Waals surface area contributed by atoms with Gasteiger partial charge >= 0.3 is 0 Å². The zero-order valence-electron chi connectivity index (χ0n) is 14.5. The van der Waals surface area contributed by atoms with Gasteiger partial charge in [0.05, 0.1) is 4.90 Å². The average molecular weight is 340 g/mol. The molecule has 130 valence electrons. The molecule has 23 heavy (non-hydrogen) atoms. The lowest BCUT2D eigenvalue weighted by molar-refractivity contribution is 0.0937. The quantitative estimate of drug-likeness (QED) is 0.679. The van der Waals surface area contributed by atoms with Gasteiger partial charge in [0.25, 0.3) is 5.91 Å². The van der Waals surface area contributed by atoms with Crippen LogP contribution in [0.15, 0.2) is 23.1 Å². The first-order valence-electron chi connectivity index (χ1n) is 8.23. The Bertz CT molecular complexity index is 627. The summed E-state index contributed by atoms with van der Waals surface area (Å²) in [6, 6.07) is 4.71. The number of carbonyl (C=O) groups is 1. The van der Waals surface area contributed by atoms with Gasteiger partial charge in [-0.3, -0.25) is 4.79 Å². The van der Waals surface area contributed by atoms with Crippen LogP contribution in [0.25, 0.3) is 0 Å². The Morgan fingerprint density at radius 2 is 1.91 bits per heavy atom. The number of sulfonamides is 1. The van der Waals surface area contributed by atoms with Gasteiger partial charge < -0.3 is 5.32 Å². The second kappa shape index (κ2) is 9.03. The molecular weight excluding hydrogens is 312 g/mol. The van der Waals surface area contributed by atoms with Crippen molar-refractivity contribution < 1.29 is 13.2 Å². The van der Waals surface area contributed by atoms with Crippen LogP contribution in [0.3, 0.4) is 0 Å². The molecular formula is C17H28N2O3S. The lowest BCUT2D eigenvalue weighted by Gasteiger charge is -2.15. The molecule has 2 N–H and O–H groups in total. The molecule has 0 bridgehead atoms. The molecule has 0 saturated carbocycles. The molecule has 1 aromatic carbocycles. The Balaban J connectivity index is 2.88. The summed E-state index contributed by atoms with van der Waals surface area (Å²) in [6.45, 7) is 7.95. The Morgan fingerprint density at radius 1 is 1.22 bits per heavy atom. The predicted molar refractivity (Wildman–Crippen MR) is 93.1 cm³/mol. The van der Waals surface area contributed by atoms with Crippen LogP contribution in [0.4, 0.5) is 0 Å². The van der Waals surface area contributed by atoms with E-state index in [-0.39, 0.29) is 16.8 Å². The summed E-state index contributed by atoms with van der Waals surface area (Å²) in [5.41, 5.74) is 1.17. The fourth-order valence-corrected chi connectivity index (χ4v) is 3.43. The molecule has 0 spiro atoms. The summed E-state index contributed by atoms with van der Waals surface area (Å²) >= 11 is 0. The van der Waals surface area contributed by atoms with Crippen molar-refractivity contribution in [2.24, 2.45) is 0 Å². The summed E-state index contributed by atoms with van der Waals surface area (Å²) in [4.78, 5) is 12.5. The van der Waals surface area contributed by atoms with Crippen molar-refractivity contribution in [2.45, 2.75) is 64.3 Å². The second-order valence-corrected chi connectivity index (χ2v) is 7.62. The van der Waals surface area contributed by atoms with Crippen molar-refractivity contribution in [2.75, 3.05) is 6.54 Å². The van der Waals surface area contributed by atoms with Crippen molar-refractivity contribution in [1.29, 1.82) is 0 Å². The number of amides is 1. The van der Waals surface area contributed by atoms with Gasteiger partial charge in [-0.2, -0.15) is 0 Å². The van der Waals surface area contributed by atoms with Crippen molar-refractivity contribution in [1.82, 2.24) is 10.0 Å². The molecule has 0 aliphatic heterocycles. The predicted octanol–water partition coefficient (Wildman–Crippen LogP) is 2.99. The molecule has 0 radical (unpaired) electrons. The molecule has 0 aliphatic carbocycles. The van der Waals surface area contributed by atoms with E-state index in [4.69, 9.17) is 0 Å². The molecule has 5 nitrogen and oxygen atoms in total. The highest BCUT2D eigenvalue weighted by molar-refractivity contribution is 7.89. The lowest BCUT2D eigenvalue weighted by atomic mass is 10.1. The smallest absolute Gasteiger partial charge is 0.251 e. The van der Waals surface area contributed by atoms with Gasteiger partial charge in [-0.15, -0.1) is 0 Å². The zero-order chi connectivity index (χ0) is 17.5. The minimum absolute atomic E-state index is 0.0717. The number of unbranched alkanes of at least 4 members (excludes halogenated alkanes) is 2. The van der Waals surface area contributed by atoms with Crippen LogP contribution >= 0.6 is 0 Å². The van der Waals surface area contributed by atoms with Crippen LogP contribution in [0, 0.1) is 6.92 Å². The summed E-state index contributed by atoms with van der Waals surface area (Å²) in [5, 5.41) is 2.95. The third-order valence-corrected chi connectivity index (χ3v) is 5.26. The molecule has 0 aliphatic rings. The minimum atomic E-state index is -3.56. The normalized spacial score (nSPS) is 12.9. The number of nitrogens with one attached hydrogen (secondary N) is 2. The maximum atomic E-state index is 12.4. The second-order valence-electron chi connectivity index (χ2n) is 5.85. The third kappa shape index (κ3) is 5.95. The molecule has 6 heteroatoms. The largest absolute Gasteiger partial charge is 0.350 e. The van der Waals surface area contributed by atoms with Crippen LogP contribution < -0.4 is 10.0 Å². The fourth-order valence-electron chi connectivity index (χ4n) is 2.36. The summed E-state index contributed by atoms with van der Waals surface area (Å²) in [7, 11) is -3.56. The molecule has 1 unspecified atom stereocenters. The Hall–Kier alpha value is -1.40. The van der Waals surface area contributed by atoms with E-state index in [0.717, 1.165) is 31.2 Å². The van der Waals surface area contributed by atoms with Crippen LogP contribution in [-0.2, 0) is 10.0 Å². The molecule has 1 aromatic rings. The van der Waals surface area contributed by atoms with Crippen LogP contribution in [0.5, 0.6) is 0 Å². The number of hydrogen-bond acceptors (Lipinski definition) is 3. The number of benzene rings is 1. The topological polar surface area (TPSA) is 75.3 Å². The van der Waals surface area contributed by atoms with E-state index in [1.54, 1.807) is 19.9 Å². The van der Waals surface area contributed by atoms with E-state index < -0.39 is 10.0 Å². The summed E-state index contributed by atoms with van der Waals surface area (Å²) in [6.07, 6.45) is 4.29. The number of rotatable bonds is 9. The van der Waals surface area contributed by atoms with Gasteiger partial charge in [0.2, 0.25) is 10.0 Å². The third-order valence-electron chi connectivity index (χ3n) is 3.72. The lowest BCUT2D eigenvalue weighted by Crippen LogP contribution is -2.33. The molecule has 0 heterocycles. The molecule has 0 aromatic heterocycles. The van der Waals surface area contributed by atoms with Gasteiger partial charge in [0.1, 0.15) is 0 Å². The van der Waals surface area contributed by atoms with E-state index >= 15 is 0 Å². The van der Waals surface area contributed by atoms with Gasteiger partial charge in [-0.05, 0) is 38.0 Å². The highest BCUT2D eigenvalue weighted by Gasteiger charge is 2.18. The molecule has 0 saturated heterocycles. The van der Waals surface area contributed by atoms with Crippen LogP contribution in [0.1, 0.15) is 62.4 Å². The van der Waals surface area contributed by atoms with E-state index in [9.17, 15) is 13.2 Å². The first-order chi connectivity index (χ1) is 10.8. The SMILES string of the molecule is CCCCCC(C)NC(=O)c1cc(S(=O)(=O)NCC)ccc1C. The monoisotopic (exact) mass is 340 g/mol. The van der Waals surface area contributed by atoms with Crippen molar-refractivity contribution >= 4 is 15.9 Å². The first kappa shape index (κ1) is 19.6. The van der Waals surface area contributed by atoms with Gasteiger partial charge in [0.15, 0.2) is 0 Å². The summed E-state index contributed by atoms with van der Waals surface area (Å²) in [5.74, 6) is -0.222. The van der Waals surface area contributed by atoms with E-state index in [0.29, 0.717) is 12.1 Å². The number of aryl methyl sites for hydroxylation is 1. The van der Waals surface area contributed by atoms with E-state index in [1.807, 2.05) is 6.92 Å². The highest BCUT2D eigenvalue weighted by Crippen LogP contribution is 2.16. The van der Waals surface area contributed by atoms with Crippen LogP contribution in [-0.4, -0.2) is 26.9 Å². The molecule has 1 amide bonds. The van der Waals surface area contributed by atoms with Gasteiger partial charge in [-0.1, -0.05) is 39.2 Å². The highest BCUT2D eigenvalue weighted by atomic mass is 32.2. The standard InChI is InChI=1S/C17H28N2O3S/c1-5-7-8-9-14(4)19-17(20)16-12-15(11-10-13(16)3)23(21,22)18-6-2/h10-12,14,18H,5-9H2,1-4H3,(H,19,20). The number of hydrogen-bond donors (Lipinski definition) is 2. The van der Waals surface area contributed by atoms with E-state index in [2.05, 4.69) is 17.0 Å². The Labute approximate surface area is 139 Å². The van der Waals surface area contributed by atoms with Crippen molar-refractivity contribution in [3.05, 3.63) is 29.3 Å². The molecule has 1 rings (SSSR count). The minimum Gasteiger partial charge on any atom is -0.350 e. The number of carbonyl (C=O) groups excluding carboxylic acids is 1. The van der Waals surface area contributed by atoms with Crippen molar-refractivity contribution in [3.8, 4) is 0 Å². The van der Waals surface area contributed by atoms with Gasteiger partial charge in [-0.25, -0.2) is 13.1 Å². The van der Waals surface area contributed by atoms with E-state index in [1.165, 1.54) is 12.1 Å². The van der Waals surface area contributed by atoms with Crippen LogP contribution in [0.2, 0.25) is 0 Å². The van der Waals surface area contributed by atoms with Gasteiger partial charge in [0, 0.05) is 18.2 Å². The Morgan fingerprint density at radius 3 is 2.52 bits per heavy atom. The molecule has 1 atom stereocenters. The zero-order valence-corrected chi connectivity index (χ0v) is 15.3. The summed E-state index contributed by atoms with van der Waals surface area (Å²) < 4.78 is 26.6. The Kier molecular flexibility index (Phi) is 7.72. The van der Waals surface area contributed by atoms with Crippen molar-refractivity contribution in [3.63, 3.8) is 0 Å².